The van der Waals surface area contributed by atoms with Gasteiger partial charge in [-0.3, -0.25) is 4.79 Å². The summed E-state index contributed by atoms with van der Waals surface area (Å²) in [6.45, 7) is 2.05. The van der Waals surface area contributed by atoms with Crippen LogP contribution in [0.5, 0.6) is 0 Å². The minimum Gasteiger partial charge on any atom is -0.366 e. The number of aryl methyl sites for hydroxylation is 1. The highest BCUT2D eigenvalue weighted by atomic mass is 32.2. The maximum atomic E-state index is 11.5. The Labute approximate surface area is 145 Å². The second-order valence-corrected chi connectivity index (χ2v) is 7.73. The molecule has 3 N–H and O–H groups in total. The molecule has 0 saturated carbocycles. The van der Waals surface area contributed by atoms with Crippen molar-refractivity contribution < 1.29 is 13.2 Å². The van der Waals surface area contributed by atoms with Crippen LogP contribution in [0.3, 0.4) is 0 Å². The van der Waals surface area contributed by atoms with E-state index in [0.717, 1.165) is 34.0 Å². The van der Waals surface area contributed by atoms with Crippen molar-refractivity contribution in [3.05, 3.63) is 59.4 Å². The summed E-state index contributed by atoms with van der Waals surface area (Å²) in [7, 11) is -3.25. The van der Waals surface area contributed by atoms with Gasteiger partial charge in [0.15, 0.2) is 0 Å². The van der Waals surface area contributed by atoms with Gasteiger partial charge in [0, 0.05) is 18.3 Å². The molecule has 2 aromatic heterocycles. The molecule has 3 rings (SSSR count). The van der Waals surface area contributed by atoms with Crippen LogP contribution in [0.25, 0.3) is 16.6 Å². The van der Waals surface area contributed by atoms with Gasteiger partial charge in [-0.15, -0.1) is 0 Å². The average molecular weight is 358 g/mol. The number of fused-ring (bicyclic) bond motifs is 1. The fourth-order valence-corrected chi connectivity index (χ4v) is 3.09. The molecule has 130 valence electrons. The molecule has 0 aliphatic rings. The van der Waals surface area contributed by atoms with Crippen molar-refractivity contribution in [2.24, 2.45) is 5.73 Å². The number of benzene rings is 1. The summed E-state index contributed by atoms with van der Waals surface area (Å²) in [4.78, 5) is 11.5. The standard InChI is InChI=1S/C17H18N4O3S/c1-11-15(17(18)22)9-19-21-10-14(7-16(11)21)13-5-3-4-12(6-13)8-20-25(2,23)24/h3-7,9-10,20H,8H2,1-2H3,(H2,18,22). The molecule has 1 amide bonds. The van der Waals surface area contributed by atoms with E-state index in [4.69, 9.17) is 5.73 Å². The van der Waals surface area contributed by atoms with Gasteiger partial charge >= 0.3 is 0 Å². The van der Waals surface area contributed by atoms with Crippen LogP contribution in [-0.2, 0) is 16.6 Å². The molecule has 0 atom stereocenters. The number of carbonyl (C=O) groups is 1. The normalized spacial score (nSPS) is 11.8. The molecular formula is C17H18N4O3S. The summed E-state index contributed by atoms with van der Waals surface area (Å²) in [5.41, 5.74) is 10.0. The molecule has 7 nitrogen and oxygen atoms in total. The van der Waals surface area contributed by atoms with Crippen molar-refractivity contribution in [2.45, 2.75) is 13.5 Å². The van der Waals surface area contributed by atoms with Crippen molar-refractivity contribution in [2.75, 3.05) is 6.26 Å². The van der Waals surface area contributed by atoms with E-state index in [1.165, 1.54) is 6.20 Å². The number of amides is 1. The van der Waals surface area contributed by atoms with Crippen LogP contribution in [0, 0.1) is 6.92 Å². The SMILES string of the molecule is Cc1c(C(N)=O)cnn2cc(-c3cccc(CNS(C)(=O)=O)c3)cc12. The van der Waals surface area contributed by atoms with Crippen molar-refractivity contribution in [3.8, 4) is 11.1 Å². The van der Waals surface area contributed by atoms with Gasteiger partial charge in [0.2, 0.25) is 10.0 Å². The molecule has 0 aliphatic heterocycles. The topological polar surface area (TPSA) is 107 Å². The zero-order valence-corrected chi connectivity index (χ0v) is 14.7. The minimum atomic E-state index is -3.25. The molecule has 0 saturated heterocycles. The Balaban J connectivity index is 1.99. The van der Waals surface area contributed by atoms with E-state index in [0.29, 0.717) is 5.56 Å². The first-order valence-electron chi connectivity index (χ1n) is 7.56. The van der Waals surface area contributed by atoms with E-state index in [2.05, 4.69) is 9.82 Å². The molecule has 25 heavy (non-hydrogen) atoms. The van der Waals surface area contributed by atoms with Crippen molar-refractivity contribution in [1.82, 2.24) is 14.3 Å². The summed E-state index contributed by atoms with van der Waals surface area (Å²) in [6, 6.07) is 9.50. The summed E-state index contributed by atoms with van der Waals surface area (Å²) < 4.78 is 26.7. The summed E-state index contributed by atoms with van der Waals surface area (Å²) >= 11 is 0. The highest BCUT2D eigenvalue weighted by Crippen LogP contribution is 2.25. The largest absolute Gasteiger partial charge is 0.366 e. The van der Waals surface area contributed by atoms with E-state index in [1.807, 2.05) is 43.5 Å². The summed E-state index contributed by atoms with van der Waals surface area (Å²) in [5, 5.41) is 4.22. The molecule has 0 radical (unpaired) electrons. The predicted molar refractivity (Wildman–Crippen MR) is 95.6 cm³/mol. The molecule has 1 aromatic carbocycles. The lowest BCUT2D eigenvalue weighted by Crippen LogP contribution is -2.21. The van der Waals surface area contributed by atoms with Gasteiger partial charge in [-0.1, -0.05) is 18.2 Å². The number of nitrogens with two attached hydrogens (primary N) is 1. The second kappa shape index (κ2) is 6.30. The molecule has 0 unspecified atom stereocenters. The lowest BCUT2D eigenvalue weighted by atomic mass is 10.1. The molecule has 0 bridgehead atoms. The molecule has 8 heteroatoms. The number of hydrogen-bond acceptors (Lipinski definition) is 4. The number of nitrogens with one attached hydrogen (secondary N) is 1. The molecule has 3 aromatic rings. The maximum Gasteiger partial charge on any atom is 0.250 e. The van der Waals surface area contributed by atoms with Gasteiger partial charge < -0.3 is 5.73 Å². The van der Waals surface area contributed by atoms with Gasteiger partial charge in [0.1, 0.15) is 0 Å². The Morgan fingerprint density at radius 1 is 1.28 bits per heavy atom. The van der Waals surface area contributed by atoms with E-state index < -0.39 is 15.9 Å². The van der Waals surface area contributed by atoms with Crippen LogP contribution in [0.1, 0.15) is 21.5 Å². The first-order chi connectivity index (χ1) is 11.7. The molecule has 0 aliphatic carbocycles. The van der Waals surface area contributed by atoms with E-state index >= 15 is 0 Å². The summed E-state index contributed by atoms with van der Waals surface area (Å²) in [6.07, 6.45) is 4.44. The van der Waals surface area contributed by atoms with Gasteiger partial charge in [-0.25, -0.2) is 17.7 Å². The van der Waals surface area contributed by atoms with Crippen LogP contribution in [0.15, 0.2) is 42.7 Å². The molecule has 0 spiro atoms. The number of sulfonamides is 1. The first kappa shape index (κ1) is 17.1. The third-order valence-electron chi connectivity index (χ3n) is 3.96. The average Bonchev–Trinajstić information content (AvgIpc) is 2.98. The fraction of sp³-hybridized carbons (Fsp3) is 0.176. The fourth-order valence-electron chi connectivity index (χ4n) is 2.66. The van der Waals surface area contributed by atoms with E-state index in [9.17, 15) is 13.2 Å². The van der Waals surface area contributed by atoms with Crippen LogP contribution >= 0.6 is 0 Å². The Kier molecular flexibility index (Phi) is 4.32. The monoisotopic (exact) mass is 358 g/mol. The number of nitrogens with zero attached hydrogens (tertiary/aromatic N) is 2. The lowest BCUT2D eigenvalue weighted by molar-refractivity contribution is 0.0999. The predicted octanol–water partition coefficient (Wildman–Crippen LogP) is 1.46. The zero-order chi connectivity index (χ0) is 18.2. The summed E-state index contributed by atoms with van der Waals surface area (Å²) in [5.74, 6) is -0.510. The number of hydrogen-bond donors (Lipinski definition) is 2. The first-order valence-corrected chi connectivity index (χ1v) is 9.45. The van der Waals surface area contributed by atoms with Crippen LogP contribution in [0.4, 0.5) is 0 Å². The minimum absolute atomic E-state index is 0.225. The van der Waals surface area contributed by atoms with Gasteiger partial charge in [0.25, 0.3) is 5.91 Å². The third-order valence-corrected chi connectivity index (χ3v) is 4.63. The van der Waals surface area contributed by atoms with Crippen LogP contribution < -0.4 is 10.5 Å². The third kappa shape index (κ3) is 3.70. The molecule has 0 fully saturated rings. The van der Waals surface area contributed by atoms with Crippen molar-refractivity contribution >= 4 is 21.4 Å². The highest BCUT2D eigenvalue weighted by molar-refractivity contribution is 7.88. The Morgan fingerprint density at radius 3 is 2.72 bits per heavy atom. The molecule has 2 heterocycles. The number of carbonyl (C=O) groups excluding carboxylic acids is 1. The Morgan fingerprint density at radius 2 is 2.04 bits per heavy atom. The Bertz CT molecular complexity index is 1070. The van der Waals surface area contributed by atoms with Gasteiger partial charge in [0.05, 0.1) is 23.5 Å². The highest BCUT2D eigenvalue weighted by Gasteiger charge is 2.12. The quantitative estimate of drug-likeness (QED) is 0.720. The van der Waals surface area contributed by atoms with Crippen LogP contribution in [0.2, 0.25) is 0 Å². The number of aromatic nitrogens is 2. The van der Waals surface area contributed by atoms with Gasteiger partial charge in [-0.2, -0.15) is 5.10 Å². The number of primary amides is 1. The van der Waals surface area contributed by atoms with Crippen LogP contribution in [-0.4, -0.2) is 30.2 Å². The van der Waals surface area contributed by atoms with E-state index in [1.54, 1.807) is 4.52 Å². The van der Waals surface area contributed by atoms with Crippen molar-refractivity contribution in [1.29, 1.82) is 0 Å². The van der Waals surface area contributed by atoms with Gasteiger partial charge in [-0.05, 0) is 35.7 Å². The lowest BCUT2D eigenvalue weighted by Gasteiger charge is -2.04. The number of rotatable bonds is 5. The second-order valence-electron chi connectivity index (χ2n) is 5.90. The van der Waals surface area contributed by atoms with Crippen molar-refractivity contribution in [3.63, 3.8) is 0 Å². The zero-order valence-electron chi connectivity index (χ0n) is 13.9. The molecular weight excluding hydrogens is 340 g/mol. The smallest absolute Gasteiger partial charge is 0.250 e. The van der Waals surface area contributed by atoms with E-state index in [-0.39, 0.29) is 6.54 Å². The Hall–Kier alpha value is -2.71. The maximum absolute atomic E-state index is 11.5.